The quantitative estimate of drug-likeness (QED) is 0.451. The van der Waals surface area contributed by atoms with Gasteiger partial charge in [0.2, 0.25) is 5.88 Å². The van der Waals surface area contributed by atoms with E-state index in [0.717, 1.165) is 46.1 Å². The molecule has 1 atom stereocenters. The van der Waals surface area contributed by atoms with Crippen molar-refractivity contribution in [3.05, 3.63) is 58.9 Å². The van der Waals surface area contributed by atoms with Crippen LogP contribution >= 0.6 is 11.3 Å². The molecule has 7 nitrogen and oxygen atoms in total. The number of pyridine rings is 1. The maximum atomic E-state index is 5.98. The standard InChI is InChI=1S/C23H23N5O2S/c1-13-8-15(4-6-17(13)30-16-5-7-19(29-3)25-10-16)28-22-21-20-14(2)9-24-11-18(20)31-23(21)27-12-26-22/h4-8,10,12,14,24H,9,11H2,1-3H3,(H,26,27,28). The lowest BCUT2D eigenvalue weighted by atomic mass is 9.96. The van der Waals surface area contributed by atoms with E-state index in [0.29, 0.717) is 17.5 Å². The van der Waals surface area contributed by atoms with Gasteiger partial charge in [0.1, 0.15) is 28.5 Å². The Morgan fingerprint density at radius 3 is 2.84 bits per heavy atom. The van der Waals surface area contributed by atoms with Crippen molar-refractivity contribution >= 4 is 33.1 Å². The van der Waals surface area contributed by atoms with Gasteiger partial charge >= 0.3 is 0 Å². The van der Waals surface area contributed by atoms with E-state index in [9.17, 15) is 0 Å². The molecule has 1 aliphatic rings. The fraction of sp³-hybridized carbons (Fsp3) is 0.261. The number of anilines is 2. The Kier molecular flexibility index (Phi) is 5.17. The van der Waals surface area contributed by atoms with Gasteiger partial charge < -0.3 is 20.1 Å². The molecule has 0 saturated carbocycles. The summed E-state index contributed by atoms with van der Waals surface area (Å²) in [7, 11) is 1.59. The summed E-state index contributed by atoms with van der Waals surface area (Å²) in [5.41, 5.74) is 3.33. The molecule has 1 aromatic carbocycles. The maximum absolute atomic E-state index is 5.98. The first-order valence-corrected chi connectivity index (χ1v) is 11.0. The first-order valence-electron chi connectivity index (χ1n) is 10.1. The van der Waals surface area contributed by atoms with Gasteiger partial charge in [0, 0.05) is 29.7 Å². The summed E-state index contributed by atoms with van der Waals surface area (Å²) < 4.78 is 11.1. The van der Waals surface area contributed by atoms with Crippen LogP contribution in [-0.4, -0.2) is 28.6 Å². The van der Waals surface area contributed by atoms with Gasteiger partial charge in [-0.3, -0.25) is 0 Å². The molecule has 0 aliphatic carbocycles. The summed E-state index contributed by atoms with van der Waals surface area (Å²) in [6.45, 7) is 6.13. The number of aryl methyl sites for hydroxylation is 1. The van der Waals surface area contributed by atoms with Crippen LogP contribution < -0.4 is 20.1 Å². The molecular weight excluding hydrogens is 410 g/mol. The van der Waals surface area contributed by atoms with Crippen molar-refractivity contribution in [3.63, 3.8) is 0 Å². The molecule has 0 saturated heterocycles. The third-order valence-electron chi connectivity index (χ3n) is 5.41. The first kappa shape index (κ1) is 19.7. The average Bonchev–Trinajstić information content (AvgIpc) is 3.17. The van der Waals surface area contributed by atoms with E-state index < -0.39 is 0 Å². The van der Waals surface area contributed by atoms with Crippen molar-refractivity contribution in [2.45, 2.75) is 26.3 Å². The number of rotatable bonds is 5. The number of benzene rings is 1. The van der Waals surface area contributed by atoms with Gasteiger partial charge in [-0.05, 0) is 48.2 Å². The highest BCUT2D eigenvalue weighted by molar-refractivity contribution is 7.19. The molecular formula is C23H23N5O2S. The van der Waals surface area contributed by atoms with E-state index in [1.54, 1.807) is 37.0 Å². The average molecular weight is 434 g/mol. The van der Waals surface area contributed by atoms with Crippen LogP contribution in [0.15, 0.2) is 42.9 Å². The van der Waals surface area contributed by atoms with Gasteiger partial charge in [-0.2, -0.15) is 0 Å². The van der Waals surface area contributed by atoms with Crippen LogP contribution in [0.4, 0.5) is 11.5 Å². The second-order valence-corrected chi connectivity index (χ2v) is 8.70. The molecule has 1 unspecified atom stereocenters. The van der Waals surface area contributed by atoms with Crippen LogP contribution in [0.1, 0.15) is 28.8 Å². The fourth-order valence-electron chi connectivity index (χ4n) is 3.91. The van der Waals surface area contributed by atoms with Gasteiger partial charge in [-0.25, -0.2) is 15.0 Å². The van der Waals surface area contributed by atoms with Crippen molar-refractivity contribution in [2.75, 3.05) is 19.0 Å². The lowest BCUT2D eigenvalue weighted by molar-refractivity contribution is 0.394. The van der Waals surface area contributed by atoms with Crippen molar-refractivity contribution in [1.29, 1.82) is 0 Å². The summed E-state index contributed by atoms with van der Waals surface area (Å²) in [5.74, 6) is 3.27. The molecule has 0 spiro atoms. The zero-order chi connectivity index (χ0) is 21.4. The van der Waals surface area contributed by atoms with E-state index in [1.165, 1.54) is 10.4 Å². The van der Waals surface area contributed by atoms with Gasteiger partial charge in [-0.15, -0.1) is 11.3 Å². The topological polar surface area (TPSA) is 81.2 Å². The molecule has 158 valence electrons. The van der Waals surface area contributed by atoms with Crippen LogP contribution in [0, 0.1) is 6.92 Å². The van der Waals surface area contributed by atoms with Crippen molar-refractivity contribution in [2.24, 2.45) is 0 Å². The highest BCUT2D eigenvalue weighted by atomic mass is 32.1. The zero-order valence-electron chi connectivity index (χ0n) is 17.6. The molecule has 0 amide bonds. The largest absolute Gasteiger partial charge is 0.481 e. The van der Waals surface area contributed by atoms with Gasteiger partial charge in [0.05, 0.1) is 18.7 Å². The Balaban J connectivity index is 1.42. The Hall–Kier alpha value is -3.23. The fourth-order valence-corrected chi connectivity index (χ4v) is 5.13. The van der Waals surface area contributed by atoms with Gasteiger partial charge in [0.25, 0.3) is 0 Å². The third kappa shape index (κ3) is 3.80. The van der Waals surface area contributed by atoms with Crippen molar-refractivity contribution in [3.8, 4) is 17.4 Å². The SMILES string of the molecule is COc1ccc(Oc2ccc(Nc3ncnc4sc5c(c34)C(C)CNC5)cc2C)cn1. The minimum atomic E-state index is 0.430. The second kappa shape index (κ2) is 8.13. The predicted octanol–water partition coefficient (Wildman–Crippen LogP) is 5.15. The summed E-state index contributed by atoms with van der Waals surface area (Å²) in [4.78, 5) is 15.7. The molecule has 4 aromatic rings. The highest BCUT2D eigenvalue weighted by Gasteiger charge is 2.24. The number of hydrogen-bond acceptors (Lipinski definition) is 8. The number of nitrogens with one attached hydrogen (secondary N) is 2. The van der Waals surface area contributed by atoms with E-state index in [4.69, 9.17) is 9.47 Å². The van der Waals surface area contributed by atoms with Crippen molar-refractivity contribution in [1.82, 2.24) is 20.3 Å². The molecule has 8 heteroatoms. The molecule has 5 rings (SSSR count). The predicted molar refractivity (Wildman–Crippen MR) is 123 cm³/mol. The zero-order valence-corrected chi connectivity index (χ0v) is 18.4. The number of nitrogens with zero attached hydrogens (tertiary/aromatic N) is 3. The Bertz CT molecular complexity index is 1240. The molecule has 0 fully saturated rings. The van der Waals surface area contributed by atoms with Crippen LogP contribution in [0.25, 0.3) is 10.2 Å². The third-order valence-corrected chi connectivity index (χ3v) is 6.53. The van der Waals surface area contributed by atoms with Crippen LogP contribution in [0.3, 0.4) is 0 Å². The lowest BCUT2D eigenvalue weighted by Crippen LogP contribution is -2.25. The molecule has 0 radical (unpaired) electrons. The smallest absolute Gasteiger partial charge is 0.213 e. The van der Waals surface area contributed by atoms with E-state index in [2.05, 4.69) is 38.6 Å². The molecule has 1 aliphatic heterocycles. The first-order chi connectivity index (χ1) is 15.1. The molecule has 31 heavy (non-hydrogen) atoms. The number of ether oxygens (including phenoxy) is 2. The minimum Gasteiger partial charge on any atom is -0.481 e. The van der Waals surface area contributed by atoms with Crippen molar-refractivity contribution < 1.29 is 9.47 Å². The maximum Gasteiger partial charge on any atom is 0.213 e. The van der Waals surface area contributed by atoms with Gasteiger partial charge in [0.15, 0.2) is 0 Å². The monoisotopic (exact) mass is 433 g/mol. The Morgan fingerprint density at radius 1 is 1.16 bits per heavy atom. The summed E-state index contributed by atoms with van der Waals surface area (Å²) in [5, 5.41) is 8.12. The second-order valence-electron chi connectivity index (χ2n) is 7.62. The Morgan fingerprint density at radius 2 is 2.06 bits per heavy atom. The van der Waals surface area contributed by atoms with E-state index >= 15 is 0 Å². The van der Waals surface area contributed by atoms with Crippen LogP contribution in [-0.2, 0) is 6.54 Å². The van der Waals surface area contributed by atoms with E-state index in [-0.39, 0.29) is 0 Å². The molecule has 4 heterocycles. The molecule has 3 aromatic heterocycles. The normalized spacial score (nSPS) is 15.5. The number of thiophene rings is 1. The summed E-state index contributed by atoms with van der Waals surface area (Å²) in [6, 6.07) is 9.63. The molecule has 2 N–H and O–H groups in total. The van der Waals surface area contributed by atoms with Gasteiger partial charge in [-0.1, -0.05) is 6.92 Å². The number of fused-ring (bicyclic) bond motifs is 3. The highest BCUT2D eigenvalue weighted by Crippen LogP contribution is 2.40. The summed E-state index contributed by atoms with van der Waals surface area (Å²) >= 11 is 1.75. The number of methoxy groups -OCH3 is 1. The van der Waals surface area contributed by atoms with Crippen LogP contribution in [0.5, 0.6) is 17.4 Å². The van der Waals surface area contributed by atoms with Crippen LogP contribution in [0.2, 0.25) is 0 Å². The minimum absolute atomic E-state index is 0.430. The summed E-state index contributed by atoms with van der Waals surface area (Å²) in [6.07, 6.45) is 3.28. The molecule has 0 bridgehead atoms. The Labute approximate surface area is 184 Å². The van der Waals surface area contributed by atoms with E-state index in [1.807, 2.05) is 25.1 Å². The number of aromatic nitrogens is 3. The number of hydrogen-bond donors (Lipinski definition) is 2. The lowest BCUT2D eigenvalue weighted by Gasteiger charge is -2.20.